The molecule has 3 rings (SSSR count). The van der Waals surface area contributed by atoms with Crippen LogP contribution in [0.4, 0.5) is 11.6 Å². The molecular weight excluding hydrogens is 342 g/mol. The first-order valence-corrected chi connectivity index (χ1v) is 9.41. The highest BCUT2D eigenvalue weighted by Crippen LogP contribution is 2.30. The van der Waals surface area contributed by atoms with Gasteiger partial charge in [0.15, 0.2) is 5.82 Å². The van der Waals surface area contributed by atoms with Crippen LogP contribution in [-0.2, 0) is 9.53 Å². The Balaban J connectivity index is 1.83. The molecule has 7 nitrogen and oxygen atoms in total. The number of pyridine rings is 1. The summed E-state index contributed by atoms with van der Waals surface area (Å²) in [5.41, 5.74) is 1.80. The number of piperidine rings is 1. The molecule has 0 bridgehead atoms. The zero-order chi connectivity index (χ0) is 19.2. The maximum atomic E-state index is 12.6. The molecule has 0 radical (unpaired) electrons. The van der Waals surface area contributed by atoms with E-state index in [4.69, 9.17) is 9.72 Å². The van der Waals surface area contributed by atoms with Crippen molar-refractivity contribution in [3.63, 3.8) is 0 Å². The van der Waals surface area contributed by atoms with Gasteiger partial charge in [-0.2, -0.15) is 0 Å². The quantitative estimate of drug-likeness (QED) is 0.841. The van der Waals surface area contributed by atoms with Crippen molar-refractivity contribution in [1.82, 2.24) is 19.9 Å². The van der Waals surface area contributed by atoms with Gasteiger partial charge in [-0.3, -0.25) is 4.79 Å². The van der Waals surface area contributed by atoms with Crippen LogP contribution in [0.3, 0.4) is 0 Å². The maximum Gasteiger partial charge on any atom is 0.225 e. The van der Waals surface area contributed by atoms with Crippen molar-refractivity contribution in [2.45, 2.75) is 45.6 Å². The highest BCUT2D eigenvalue weighted by molar-refractivity contribution is 5.76. The van der Waals surface area contributed by atoms with Gasteiger partial charge in [0, 0.05) is 31.1 Å². The predicted molar refractivity (Wildman–Crippen MR) is 104 cm³/mol. The first-order chi connectivity index (χ1) is 13.1. The Hall–Kier alpha value is -2.54. The lowest BCUT2D eigenvalue weighted by Crippen LogP contribution is -2.39. The molecule has 27 heavy (non-hydrogen) atoms. The topological polar surface area (TPSA) is 80.2 Å². The molecule has 1 amide bonds. The summed E-state index contributed by atoms with van der Waals surface area (Å²) >= 11 is 0. The van der Waals surface area contributed by atoms with E-state index in [0.717, 1.165) is 43.0 Å². The fourth-order valence-corrected chi connectivity index (χ4v) is 3.38. The standard InChI is InChI=1S/C20H27N5O2/c1-14-7-6-9-17(21-14)23-18-13-15(2)22-20(24-18)16-8-4-5-11-25(16)19(26)10-12-27-3/h6-7,9,13,16H,4-5,8,10-12H2,1-3H3,(H,21,22,23,24)/t16-/m1/s1. The van der Waals surface area contributed by atoms with Crippen molar-refractivity contribution < 1.29 is 9.53 Å². The summed E-state index contributed by atoms with van der Waals surface area (Å²) in [6.07, 6.45) is 3.35. The van der Waals surface area contributed by atoms with E-state index in [-0.39, 0.29) is 11.9 Å². The molecule has 0 unspecified atom stereocenters. The minimum Gasteiger partial charge on any atom is -0.384 e. The molecule has 2 aromatic heterocycles. The summed E-state index contributed by atoms with van der Waals surface area (Å²) in [4.78, 5) is 28.3. The van der Waals surface area contributed by atoms with E-state index in [1.165, 1.54) is 0 Å². The third-order valence-electron chi connectivity index (χ3n) is 4.66. The van der Waals surface area contributed by atoms with Gasteiger partial charge in [-0.05, 0) is 45.2 Å². The van der Waals surface area contributed by atoms with Crippen LogP contribution in [0.5, 0.6) is 0 Å². The van der Waals surface area contributed by atoms with Gasteiger partial charge in [-0.25, -0.2) is 15.0 Å². The average Bonchev–Trinajstić information content (AvgIpc) is 2.65. The summed E-state index contributed by atoms with van der Waals surface area (Å²) < 4.78 is 5.06. The molecule has 0 spiro atoms. The molecule has 1 aliphatic heterocycles. The number of likely N-dealkylation sites (tertiary alicyclic amines) is 1. The van der Waals surface area contributed by atoms with Crippen molar-refractivity contribution in [2.75, 3.05) is 25.6 Å². The van der Waals surface area contributed by atoms with Gasteiger partial charge in [0.25, 0.3) is 0 Å². The van der Waals surface area contributed by atoms with E-state index in [1.54, 1.807) is 7.11 Å². The Kier molecular flexibility index (Phi) is 6.34. The number of anilines is 2. The molecule has 144 valence electrons. The Morgan fingerprint density at radius 3 is 2.81 bits per heavy atom. The van der Waals surface area contributed by atoms with Gasteiger partial charge in [0.1, 0.15) is 11.6 Å². The van der Waals surface area contributed by atoms with Crippen LogP contribution in [0.15, 0.2) is 24.3 Å². The molecule has 1 aliphatic rings. The normalized spacial score (nSPS) is 17.0. The second kappa shape index (κ2) is 8.90. The first kappa shape index (κ1) is 19.2. The molecule has 0 aromatic carbocycles. The highest BCUT2D eigenvalue weighted by Gasteiger charge is 2.30. The second-order valence-corrected chi connectivity index (χ2v) is 6.88. The third kappa shape index (κ3) is 5.01. The number of nitrogens with one attached hydrogen (secondary N) is 1. The van der Waals surface area contributed by atoms with E-state index in [0.29, 0.717) is 24.7 Å². The molecule has 0 aliphatic carbocycles. The molecule has 1 fully saturated rings. The zero-order valence-electron chi connectivity index (χ0n) is 16.2. The third-order valence-corrected chi connectivity index (χ3v) is 4.66. The van der Waals surface area contributed by atoms with E-state index in [2.05, 4.69) is 15.3 Å². The number of aromatic nitrogens is 3. The number of amides is 1. The molecule has 1 saturated heterocycles. The largest absolute Gasteiger partial charge is 0.384 e. The Morgan fingerprint density at radius 2 is 2.04 bits per heavy atom. The molecular formula is C20H27N5O2. The summed E-state index contributed by atoms with van der Waals surface area (Å²) in [7, 11) is 1.61. The van der Waals surface area contributed by atoms with Crippen molar-refractivity contribution in [3.05, 3.63) is 41.5 Å². The molecule has 1 N–H and O–H groups in total. The lowest BCUT2D eigenvalue weighted by Gasteiger charge is -2.35. The van der Waals surface area contributed by atoms with E-state index in [9.17, 15) is 4.79 Å². The number of hydrogen-bond acceptors (Lipinski definition) is 6. The van der Waals surface area contributed by atoms with Crippen LogP contribution in [0.2, 0.25) is 0 Å². The predicted octanol–water partition coefficient (Wildman–Crippen LogP) is 3.32. The summed E-state index contributed by atoms with van der Waals surface area (Å²) in [5, 5.41) is 3.26. The molecule has 7 heteroatoms. The summed E-state index contributed by atoms with van der Waals surface area (Å²) in [6.45, 7) is 5.07. The van der Waals surface area contributed by atoms with Crippen LogP contribution in [0, 0.1) is 13.8 Å². The van der Waals surface area contributed by atoms with E-state index in [1.807, 2.05) is 43.0 Å². The number of nitrogens with zero attached hydrogens (tertiary/aromatic N) is 4. The lowest BCUT2D eigenvalue weighted by molar-refractivity contribution is -0.136. The fourth-order valence-electron chi connectivity index (χ4n) is 3.38. The molecule has 3 heterocycles. The van der Waals surface area contributed by atoms with Crippen molar-refractivity contribution in [1.29, 1.82) is 0 Å². The highest BCUT2D eigenvalue weighted by atomic mass is 16.5. The number of aryl methyl sites for hydroxylation is 2. The van der Waals surface area contributed by atoms with Gasteiger partial charge >= 0.3 is 0 Å². The van der Waals surface area contributed by atoms with E-state index < -0.39 is 0 Å². The van der Waals surface area contributed by atoms with E-state index >= 15 is 0 Å². The van der Waals surface area contributed by atoms with Gasteiger partial charge in [-0.15, -0.1) is 0 Å². The number of ether oxygens (including phenoxy) is 1. The first-order valence-electron chi connectivity index (χ1n) is 9.41. The smallest absolute Gasteiger partial charge is 0.225 e. The fraction of sp³-hybridized carbons (Fsp3) is 0.500. The van der Waals surface area contributed by atoms with Gasteiger partial charge < -0.3 is 15.0 Å². The minimum atomic E-state index is -0.0889. The van der Waals surface area contributed by atoms with Crippen LogP contribution < -0.4 is 5.32 Å². The number of methoxy groups -OCH3 is 1. The van der Waals surface area contributed by atoms with Crippen LogP contribution in [-0.4, -0.2) is 46.0 Å². The molecule has 1 atom stereocenters. The van der Waals surface area contributed by atoms with Crippen LogP contribution in [0.1, 0.15) is 48.9 Å². The lowest BCUT2D eigenvalue weighted by atomic mass is 10.0. The number of hydrogen-bond donors (Lipinski definition) is 1. The maximum absolute atomic E-state index is 12.6. The SMILES string of the molecule is COCCC(=O)N1CCCC[C@@H]1c1nc(C)cc(Nc2cccc(C)n2)n1. The van der Waals surface area contributed by atoms with Gasteiger partial charge in [0.05, 0.1) is 19.1 Å². The summed E-state index contributed by atoms with van der Waals surface area (Å²) in [5.74, 6) is 2.23. The van der Waals surface area contributed by atoms with Gasteiger partial charge in [0.2, 0.25) is 5.91 Å². The van der Waals surface area contributed by atoms with Crippen molar-refractivity contribution >= 4 is 17.5 Å². The van der Waals surface area contributed by atoms with Crippen LogP contribution in [0.25, 0.3) is 0 Å². The monoisotopic (exact) mass is 369 g/mol. The number of carbonyl (C=O) groups is 1. The molecule has 0 saturated carbocycles. The Morgan fingerprint density at radius 1 is 1.19 bits per heavy atom. The summed E-state index contributed by atoms with van der Waals surface area (Å²) in [6, 6.07) is 7.62. The Labute approximate surface area is 160 Å². The number of rotatable bonds is 6. The van der Waals surface area contributed by atoms with Crippen molar-refractivity contribution in [2.24, 2.45) is 0 Å². The zero-order valence-corrected chi connectivity index (χ0v) is 16.2. The molecule has 2 aromatic rings. The minimum absolute atomic E-state index is 0.0889. The Bertz CT molecular complexity index is 796. The van der Waals surface area contributed by atoms with Gasteiger partial charge in [-0.1, -0.05) is 6.07 Å². The number of carbonyl (C=O) groups excluding carboxylic acids is 1. The van der Waals surface area contributed by atoms with Crippen molar-refractivity contribution in [3.8, 4) is 0 Å². The second-order valence-electron chi connectivity index (χ2n) is 6.88. The van der Waals surface area contributed by atoms with Crippen LogP contribution >= 0.6 is 0 Å². The average molecular weight is 369 g/mol.